The number of likely N-dealkylation sites (N-methyl/N-ethyl adjacent to an activating group) is 1. The molecule has 0 heterocycles. The maximum absolute atomic E-state index is 13.0. The van der Waals surface area contributed by atoms with E-state index in [1.807, 2.05) is 30.3 Å². The fraction of sp³-hybridized carbons (Fsp3) is 0.682. The highest BCUT2D eigenvalue weighted by atomic mass is 16.5. The first-order chi connectivity index (χ1) is 12.6. The lowest BCUT2D eigenvalue weighted by molar-refractivity contribution is -0.154. The molecule has 0 amide bonds. The zero-order valence-electron chi connectivity index (χ0n) is 16.5. The van der Waals surface area contributed by atoms with Gasteiger partial charge >= 0.3 is 5.97 Å². The van der Waals surface area contributed by atoms with Gasteiger partial charge in [0.1, 0.15) is 12.5 Å². The monoisotopic (exact) mass is 361 g/mol. The lowest BCUT2D eigenvalue weighted by Crippen LogP contribution is -2.42. The van der Waals surface area contributed by atoms with Crippen molar-refractivity contribution < 1.29 is 14.6 Å². The van der Waals surface area contributed by atoms with E-state index in [1.165, 1.54) is 6.42 Å². The number of carbonyl (C=O) groups is 1. The summed E-state index contributed by atoms with van der Waals surface area (Å²) < 4.78 is 5.64. The van der Waals surface area contributed by atoms with Gasteiger partial charge in [0.2, 0.25) is 0 Å². The Kier molecular flexibility index (Phi) is 8.60. The Morgan fingerprint density at radius 3 is 2.23 bits per heavy atom. The zero-order valence-corrected chi connectivity index (χ0v) is 16.5. The molecule has 1 fully saturated rings. The molecule has 146 valence electrons. The standard InChI is InChI=1S/C22H35NO3/c1-3-23(4-2)17-18-26-21(24)20(19-13-9-8-10-14-19)22(25)15-11-6-5-7-12-16-22/h8-10,13-14,20,25H,3-7,11-12,15-18H2,1-2H3. The number of benzene rings is 1. The van der Waals surface area contributed by atoms with Gasteiger partial charge < -0.3 is 14.7 Å². The van der Waals surface area contributed by atoms with Crippen LogP contribution in [-0.4, -0.2) is 47.8 Å². The van der Waals surface area contributed by atoms with Crippen LogP contribution in [-0.2, 0) is 9.53 Å². The summed E-state index contributed by atoms with van der Waals surface area (Å²) in [7, 11) is 0. The predicted octanol–water partition coefficient (Wildman–Crippen LogP) is 4.13. The van der Waals surface area contributed by atoms with Crippen molar-refractivity contribution in [3.63, 3.8) is 0 Å². The van der Waals surface area contributed by atoms with Gasteiger partial charge in [0.05, 0.1) is 5.60 Å². The molecule has 0 spiro atoms. The number of esters is 1. The molecule has 1 aliphatic rings. The molecule has 26 heavy (non-hydrogen) atoms. The fourth-order valence-electron chi connectivity index (χ4n) is 4.02. The van der Waals surface area contributed by atoms with E-state index in [-0.39, 0.29) is 5.97 Å². The lowest BCUT2D eigenvalue weighted by atomic mass is 9.74. The van der Waals surface area contributed by atoms with Crippen LogP contribution in [0.1, 0.15) is 70.3 Å². The molecule has 1 N–H and O–H groups in total. The van der Waals surface area contributed by atoms with Crippen molar-refractivity contribution in [1.29, 1.82) is 0 Å². The van der Waals surface area contributed by atoms with Crippen molar-refractivity contribution in [3.05, 3.63) is 35.9 Å². The quantitative estimate of drug-likeness (QED) is 0.707. The number of hydrogen-bond acceptors (Lipinski definition) is 4. The number of aliphatic hydroxyl groups is 1. The molecule has 0 aromatic heterocycles. The Labute approximate surface area is 158 Å². The summed E-state index contributed by atoms with van der Waals surface area (Å²) in [5.41, 5.74) is -0.142. The molecule has 4 heteroatoms. The maximum atomic E-state index is 13.0. The second-order valence-corrected chi connectivity index (χ2v) is 7.41. The average molecular weight is 362 g/mol. The second kappa shape index (κ2) is 10.7. The molecule has 1 aromatic carbocycles. The molecular formula is C22H35NO3. The molecule has 0 radical (unpaired) electrons. The van der Waals surface area contributed by atoms with Crippen molar-refractivity contribution in [2.24, 2.45) is 0 Å². The van der Waals surface area contributed by atoms with Gasteiger partial charge in [-0.1, -0.05) is 76.3 Å². The Hall–Kier alpha value is -1.39. The van der Waals surface area contributed by atoms with Gasteiger partial charge in [-0.2, -0.15) is 0 Å². The van der Waals surface area contributed by atoms with Crippen molar-refractivity contribution in [3.8, 4) is 0 Å². The average Bonchev–Trinajstić information content (AvgIpc) is 2.63. The number of hydrogen-bond donors (Lipinski definition) is 1. The molecule has 4 nitrogen and oxygen atoms in total. The molecule has 1 saturated carbocycles. The van der Waals surface area contributed by atoms with E-state index in [2.05, 4.69) is 18.7 Å². The maximum Gasteiger partial charge on any atom is 0.316 e. The van der Waals surface area contributed by atoms with Crippen LogP contribution in [0.5, 0.6) is 0 Å². The first-order valence-electron chi connectivity index (χ1n) is 10.3. The van der Waals surface area contributed by atoms with E-state index in [0.717, 1.165) is 50.9 Å². The number of nitrogens with zero attached hydrogens (tertiary/aromatic N) is 1. The van der Waals surface area contributed by atoms with Crippen molar-refractivity contribution in [2.75, 3.05) is 26.2 Å². The van der Waals surface area contributed by atoms with Crippen LogP contribution in [0, 0.1) is 0 Å². The molecule has 0 aliphatic heterocycles. The zero-order chi connectivity index (χ0) is 18.8. The third-order valence-electron chi connectivity index (χ3n) is 5.67. The lowest BCUT2D eigenvalue weighted by Gasteiger charge is -2.36. The topological polar surface area (TPSA) is 49.8 Å². The van der Waals surface area contributed by atoms with Crippen LogP contribution >= 0.6 is 0 Å². The Bertz CT molecular complexity index is 519. The number of rotatable bonds is 8. The minimum atomic E-state index is -1.01. The van der Waals surface area contributed by atoms with E-state index < -0.39 is 11.5 Å². The van der Waals surface area contributed by atoms with E-state index in [9.17, 15) is 9.90 Å². The molecule has 1 atom stereocenters. The summed E-state index contributed by atoms with van der Waals surface area (Å²) in [6.45, 7) is 7.21. The van der Waals surface area contributed by atoms with Crippen LogP contribution in [0.4, 0.5) is 0 Å². The summed E-state index contributed by atoms with van der Waals surface area (Å²) in [6.07, 6.45) is 6.73. The molecule has 1 aliphatic carbocycles. The van der Waals surface area contributed by atoms with Gasteiger partial charge in [-0.05, 0) is 31.5 Å². The third kappa shape index (κ3) is 5.82. The summed E-state index contributed by atoms with van der Waals surface area (Å²) >= 11 is 0. The first kappa shape index (κ1) is 20.9. The summed E-state index contributed by atoms with van der Waals surface area (Å²) in [5, 5.41) is 11.4. The SMILES string of the molecule is CCN(CC)CCOC(=O)C(c1ccccc1)C1(O)CCCCCCC1. The Morgan fingerprint density at radius 1 is 1.08 bits per heavy atom. The highest BCUT2D eigenvalue weighted by molar-refractivity contribution is 5.79. The largest absolute Gasteiger partial charge is 0.464 e. The molecule has 1 aromatic rings. The van der Waals surface area contributed by atoms with E-state index in [0.29, 0.717) is 19.4 Å². The van der Waals surface area contributed by atoms with Crippen LogP contribution in [0.15, 0.2) is 30.3 Å². The van der Waals surface area contributed by atoms with Crippen LogP contribution < -0.4 is 0 Å². The molecule has 0 bridgehead atoms. The van der Waals surface area contributed by atoms with Crippen LogP contribution in [0.25, 0.3) is 0 Å². The van der Waals surface area contributed by atoms with Crippen LogP contribution in [0.3, 0.4) is 0 Å². The van der Waals surface area contributed by atoms with Crippen molar-refractivity contribution in [2.45, 2.75) is 70.3 Å². The van der Waals surface area contributed by atoms with E-state index in [4.69, 9.17) is 4.74 Å². The Balaban J connectivity index is 2.14. The number of carbonyl (C=O) groups excluding carboxylic acids is 1. The molecule has 1 unspecified atom stereocenters. The smallest absolute Gasteiger partial charge is 0.316 e. The summed E-state index contributed by atoms with van der Waals surface area (Å²) in [4.78, 5) is 15.2. The molecule has 2 rings (SSSR count). The molecular weight excluding hydrogens is 326 g/mol. The summed E-state index contributed by atoms with van der Waals surface area (Å²) in [5.74, 6) is -0.884. The van der Waals surface area contributed by atoms with Crippen molar-refractivity contribution in [1.82, 2.24) is 4.90 Å². The van der Waals surface area contributed by atoms with Gasteiger partial charge in [0, 0.05) is 6.54 Å². The normalized spacial score (nSPS) is 18.8. The van der Waals surface area contributed by atoms with Gasteiger partial charge in [-0.3, -0.25) is 4.79 Å². The Morgan fingerprint density at radius 2 is 1.65 bits per heavy atom. The first-order valence-corrected chi connectivity index (χ1v) is 10.3. The highest BCUT2D eigenvalue weighted by Crippen LogP contribution is 2.39. The van der Waals surface area contributed by atoms with Crippen molar-refractivity contribution >= 4 is 5.97 Å². The van der Waals surface area contributed by atoms with E-state index >= 15 is 0 Å². The van der Waals surface area contributed by atoms with Gasteiger partial charge in [-0.15, -0.1) is 0 Å². The predicted molar refractivity (Wildman–Crippen MR) is 105 cm³/mol. The minimum absolute atomic E-state index is 0.286. The van der Waals surface area contributed by atoms with Crippen LogP contribution in [0.2, 0.25) is 0 Å². The van der Waals surface area contributed by atoms with Gasteiger partial charge in [-0.25, -0.2) is 0 Å². The fourth-order valence-corrected chi connectivity index (χ4v) is 4.02. The van der Waals surface area contributed by atoms with Gasteiger partial charge in [0.15, 0.2) is 0 Å². The summed E-state index contributed by atoms with van der Waals surface area (Å²) in [6, 6.07) is 9.67. The molecule has 0 saturated heterocycles. The second-order valence-electron chi connectivity index (χ2n) is 7.41. The minimum Gasteiger partial charge on any atom is -0.464 e. The number of ether oxygens (including phenoxy) is 1. The third-order valence-corrected chi connectivity index (χ3v) is 5.67. The van der Waals surface area contributed by atoms with E-state index in [1.54, 1.807) is 0 Å². The van der Waals surface area contributed by atoms with Gasteiger partial charge in [0.25, 0.3) is 0 Å². The highest BCUT2D eigenvalue weighted by Gasteiger charge is 2.43.